The van der Waals surface area contributed by atoms with Crippen molar-refractivity contribution in [2.75, 3.05) is 5.32 Å². The average Bonchev–Trinajstić information content (AvgIpc) is 3.41. The molecule has 0 unspecified atom stereocenters. The summed E-state index contributed by atoms with van der Waals surface area (Å²) in [6, 6.07) is 27.0. The van der Waals surface area contributed by atoms with Crippen LogP contribution < -0.4 is 5.32 Å². The van der Waals surface area contributed by atoms with Crippen molar-refractivity contribution in [1.29, 1.82) is 0 Å². The number of halogens is 1. The fourth-order valence-electron chi connectivity index (χ4n) is 4.71. The Morgan fingerprint density at radius 3 is 2.46 bits per heavy atom. The molecule has 0 bridgehead atoms. The number of imide groups is 1. The van der Waals surface area contributed by atoms with E-state index in [-0.39, 0.29) is 36.0 Å². The summed E-state index contributed by atoms with van der Waals surface area (Å²) in [7, 11) is 0. The van der Waals surface area contributed by atoms with Crippen molar-refractivity contribution in [1.82, 2.24) is 9.47 Å². The number of thioether (sulfide) groups is 1. The SMILES string of the molecule is O=C(Cn1cc(/C=C2\SC(=O)N(Cc3ccc4ccccc4c3)C2=O)c2ccccc21)Nc1ccc(F)cc1. The molecule has 39 heavy (non-hydrogen) atoms. The molecule has 0 aliphatic carbocycles. The Balaban J connectivity index is 1.24. The molecule has 4 aromatic carbocycles. The van der Waals surface area contributed by atoms with E-state index in [1.54, 1.807) is 16.8 Å². The number of anilines is 1. The van der Waals surface area contributed by atoms with Crippen LogP contribution in [0.4, 0.5) is 14.9 Å². The highest BCUT2D eigenvalue weighted by molar-refractivity contribution is 8.18. The van der Waals surface area contributed by atoms with E-state index >= 15 is 0 Å². The van der Waals surface area contributed by atoms with Crippen molar-refractivity contribution in [3.63, 3.8) is 0 Å². The molecule has 0 atom stereocenters. The fraction of sp³-hybridized carbons (Fsp3) is 0.0645. The molecular weight excluding hydrogens is 513 g/mol. The van der Waals surface area contributed by atoms with Crippen LogP contribution in [0, 0.1) is 5.82 Å². The summed E-state index contributed by atoms with van der Waals surface area (Å²) >= 11 is 0.914. The van der Waals surface area contributed by atoms with Crippen molar-refractivity contribution in [3.05, 3.63) is 119 Å². The van der Waals surface area contributed by atoms with Gasteiger partial charge >= 0.3 is 0 Å². The highest BCUT2D eigenvalue weighted by Gasteiger charge is 2.35. The third-order valence-corrected chi connectivity index (χ3v) is 7.48. The van der Waals surface area contributed by atoms with Crippen LogP contribution in [0.25, 0.3) is 27.8 Å². The minimum Gasteiger partial charge on any atom is -0.337 e. The van der Waals surface area contributed by atoms with Gasteiger partial charge in [0.25, 0.3) is 11.1 Å². The Kier molecular flexibility index (Phi) is 6.46. The highest BCUT2D eigenvalue weighted by Crippen LogP contribution is 2.35. The molecule has 5 aromatic rings. The summed E-state index contributed by atoms with van der Waals surface area (Å²) in [5, 5.41) is 5.45. The van der Waals surface area contributed by atoms with Crippen molar-refractivity contribution in [2.45, 2.75) is 13.1 Å². The minimum absolute atomic E-state index is 0.0230. The fourth-order valence-corrected chi connectivity index (χ4v) is 5.54. The quantitative estimate of drug-likeness (QED) is 0.243. The van der Waals surface area contributed by atoms with Crippen LogP contribution in [0.2, 0.25) is 0 Å². The van der Waals surface area contributed by atoms with Crippen LogP contribution in [0.15, 0.2) is 102 Å². The topological polar surface area (TPSA) is 71.4 Å². The molecule has 0 spiro atoms. The van der Waals surface area contributed by atoms with Gasteiger partial charge < -0.3 is 9.88 Å². The van der Waals surface area contributed by atoms with E-state index in [0.717, 1.165) is 44.6 Å². The number of nitrogens with one attached hydrogen (secondary N) is 1. The van der Waals surface area contributed by atoms with E-state index in [1.165, 1.54) is 29.2 Å². The molecule has 1 aromatic heterocycles. The second-order valence-corrected chi connectivity index (χ2v) is 10.2. The number of nitrogens with zero attached hydrogens (tertiary/aromatic N) is 2. The lowest BCUT2D eigenvalue weighted by molar-refractivity contribution is -0.123. The molecule has 3 amide bonds. The van der Waals surface area contributed by atoms with Gasteiger partial charge in [-0.3, -0.25) is 19.3 Å². The molecule has 0 radical (unpaired) electrons. The number of hydrogen-bond acceptors (Lipinski definition) is 4. The smallest absolute Gasteiger partial charge is 0.293 e. The van der Waals surface area contributed by atoms with Gasteiger partial charge in [0.15, 0.2) is 0 Å². The minimum atomic E-state index is -0.379. The standard InChI is InChI=1S/C31H22FN3O3S/c32-24-11-13-25(14-12-24)33-29(36)19-34-18-23(26-7-3-4-8-27(26)34)16-28-30(37)35(31(38)39-28)17-20-9-10-21-5-1-2-6-22(21)15-20/h1-16,18H,17,19H2,(H,33,36)/b28-16-. The summed E-state index contributed by atoms with van der Waals surface area (Å²) in [6.07, 6.45) is 3.51. The van der Waals surface area contributed by atoms with Gasteiger partial charge in [0.2, 0.25) is 5.91 Å². The van der Waals surface area contributed by atoms with Crippen molar-refractivity contribution in [2.24, 2.45) is 0 Å². The Bertz CT molecular complexity index is 1790. The molecule has 1 aliphatic rings. The molecule has 1 fully saturated rings. The third-order valence-electron chi connectivity index (χ3n) is 6.58. The van der Waals surface area contributed by atoms with Crippen LogP contribution >= 0.6 is 11.8 Å². The molecule has 6 rings (SSSR count). The van der Waals surface area contributed by atoms with Crippen LogP contribution in [0.3, 0.4) is 0 Å². The molecular formula is C31H22FN3O3S. The van der Waals surface area contributed by atoms with Gasteiger partial charge in [0.1, 0.15) is 12.4 Å². The molecule has 8 heteroatoms. The van der Waals surface area contributed by atoms with Crippen molar-refractivity contribution < 1.29 is 18.8 Å². The van der Waals surface area contributed by atoms with E-state index in [1.807, 2.05) is 66.7 Å². The molecule has 1 N–H and O–H groups in total. The van der Waals surface area contributed by atoms with Crippen molar-refractivity contribution in [3.8, 4) is 0 Å². The van der Waals surface area contributed by atoms with Gasteiger partial charge in [-0.05, 0) is 70.6 Å². The van der Waals surface area contributed by atoms with Gasteiger partial charge in [0, 0.05) is 28.4 Å². The largest absolute Gasteiger partial charge is 0.337 e. The van der Waals surface area contributed by atoms with Gasteiger partial charge in [-0.2, -0.15) is 0 Å². The number of carbonyl (C=O) groups excluding carboxylic acids is 3. The summed E-state index contributed by atoms with van der Waals surface area (Å²) in [5.41, 5.74) is 2.92. The number of carbonyl (C=O) groups is 3. The summed E-state index contributed by atoms with van der Waals surface area (Å²) in [4.78, 5) is 40.4. The number of fused-ring (bicyclic) bond motifs is 2. The first-order valence-electron chi connectivity index (χ1n) is 12.3. The monoisotopic (exact) mass is 535 g/mol. The summed E-state index contributed by atoms with van der Waals surface area (Å²) in [6.45, 7) is 0.216. The van der Waals surface area contributed by atoms with Gasteiger partial charge in [0.05, 0.1) is 11.4 Å². The summed E-state index contributed by atoms with van der Waals surface area (Å²) < 4.78 is 15.0. The second kappa shape index (κ2) is 10.2. The second-order valence-electron chi connectivity index (χ2n) is 9.23. The highest BCUT2D eigenvalue weighted by atomic mass is 32.2. The predicted octanol–water partition coefficient (Wildman–Crippen LogP) is 6.81. The maximum absolute atomic E-state index is 13.3. The third kappa shape index (κ3) is 5.06. The van der Waals surface area contributed by atoms with E-state index in [9.17, 15) is 18.8 Å². The van der Waals surface area contributed by atoms with Gasteiger partial charge in [-0.15, -0.1) is 0 Å². The summed E-state index contributed by atoms with van der Waals surface area (Å²) in [5.74, 6) is -0.996. The van der Waals surface area contributed by atoms with E-state index in [4.69, 9.17) is 0 Å². The molecule has 0 saturated carbocycles. The number of benzene rings is 4. The number of rotatable bonds is 6. The average molecular weight is 536 g/mol. The number of para-hydroxylation sites is 1. The van der Waals surface area contributed by atoms with E-state index in [2.05, 4.69) is 5.32 Å². The molecule has 1 saturated heterocycles. The first-order valence-corrected chi connectivity index (χ1v) is 13.1. The number of hydrogen-bond donors (Lipinski definition) is 1. The Morgan fingerprint density at radius 2 is 1.64 bits per heavy atom. The first-order chi connectivity index (χ1) is 18.9. The van der Waals surface area contributed by atoms with Crippen LogP contribution in [-0.4, -0.2) is 26.5 Å². The maximum Gasteiger partial charge on any atom is 0.293 e. The number of amides is 3. The Hall–Kier alpha value is -4.69. The Labute approximate surface area is 227 Å². The van der Waals surface area contributed by atoms with Crippen LogP contribution in [0.1, 0.15) is 11.1 Å². The zero-order valence-electron chi connectivity index (χ0n) is 20.6. The zero-order valence-corrected chi connectivity index (χ0v) is 21.5. The molecule has 1 aliphatic heterocycles. The molecule has 2 heterocycles. The van der Waals surface area contributed by atoms with Crippen molar-refractivity contribution >= 4 is 62.3 Å². The van der Waals surface area contributed by atoms with E-state index in [0.29, 0.717) is 10.6 Å². The first kappa shape index (κ1) is 24.6. The van der Waals surface area contributed by atoms with Gasteiger partial charge in [-0.25, -0.2) is 4.39 Å². The zero-order chi connectivity index (χ0) is 26.9. The Morgan fingerprint density at radius 1 is 0.897 bits per heavy atom. The molecule has 192 valence electrons. The maximum atomic E-state index is 13.3. The van der Waals surface area contributed by atoms with Crippen LogP contribution in [0.5, 0.6) is 0 Å². The lowest BCUT2D eigenvalue weighted by atomic mass is 10.1. The predicted molar refractivity (Wildman–Crippen MR) is 152 cm³/mol. The lowest BCUT2D eigenvalue weighted by Crippen LogP contribution is -2.27. The van der Waals surface area contributed by atoms with E-state index < -0.39 is 0 Å². The normalized spacial score (nSPS) is 14.6. The lowest BCUT2D eigenvalue weighted by Gasteiger charge is -2.13. The number of aromatic nitrogens is 1. The van der Waals surface area contributed by atoms with Crippen LogP contribution in [-0.2, 0) is 22.7 Å². The van der Waals surface area contributed by atoms with Gasteiger partial charge in [-0.1, -0.05) is 54.6 Å². The molecule has 6 nitrogen and oxygen atoms in total.